The first kappa shape index (κ1) is 11.8. The van der Waals surface area contributed by atoms with Crippen molar-refractivity contribution in [1.82, 2.24) is 0 Å². The smallest absolute Gasteiger partial charge is 0.119 e. The van der Waals surface area contributed by atoms with Gasteiger partial charge in [0.2, 0.25) is 0 Å². The van der Waals surface area contributed by atoms with Crippen molar-refractivity contribution in [3.8, 4) is 5.75 Å². The first-order valence-electron chi connectivity index (χ1n) is 6.04. The molecule has 2 rings (SSSR count). The summed E-state index contributed by atoms with van der Waals surface area (Å²) in [6.07, 6.45) is 4.55. The van der Waals surface area contributed by atoms with Crippen LogP contribution in [-0.4, -0.2) is 12.5 Å². The standard InChI is InChI=1S/C14H19ClO/c1-3-14(15)11-5-4-10-6-7-13(16-2)9-12(10)8-11/h6-7,9,11,14H,3-5,8H2,1-2H3. The highest BCUT2D eigenvalue weighted by Gasteiger charge is 2.23. The molecule has 1 aliphatic carbocycles. The Morgan fingerprint density at radius 1 is 1.44 bits per heavy atom. The van der Waals surface area contributed by atoms with Gasteiger partial charge in [0.05, 0.1) is 7.11 Å². The molecule has 0 saturated heterocycles. The Hall–Kier alpha value is -0.690. The lowest BCUT2D eigenvalue weighted by Crippen LogP contribution is -2.22. The SMILES string of the molecule is CCC(Cl)C1CCc2ccc(OC)cc2C1. The summed E-state index contributed by atoms with van der Waals surface area (Å²) in [7, 11) is 1.72. The molecule has 16 heavy (non-hydrogen) atoms. The predicted octanol–water partition coefficient (Wildman–Crippen LogP) is 3.82. The van der Waals surface area contributed by atoms with Crippen molar-refractivity contribution in [2.75, 3.05) is 7.11 Å². The molecule has 2 unspecified atom stereocenters. The molecule has 1 aromatic carbocycles. The van der Waals surface area contributed by atoms with Gasteiger partial charge in [-0.05, 0) is 54.9 Å². The molecule has 88 valence electrons. The van der Waals surface area contributed by atoms with E-state index in [0.717, 1.165) is 25.0 Å². The van der Waals surface area contributed by atoms with Crippen LogP contribution in [0.15, 0.2) is 18.2 Å². The number of methoxy groups -OCH3 is 1. The zero-order chi connectivity index (χ0) is 11.5. The molecule has 0 aromatic heterocycles. The van der Waals surface area contributed by atoms with E-state index in [2.05, 4.69) is 25.1 Å². The second-order valence-electron chi connectivity index (χ2n) is 4.56. The minimum Gasteiger partial charge on any atom is -0.497 e. The maximum Gasteiger partial charge on any atom is 0.119 e. The van der Waals surface area contributed by atoms with Crippen molar-refractivity contribution in [3.05, 3.63) is 29.3 Å². The molecule has 1 aromatic rings. The van der Waals surface area contributed by atoms with Crippen LogP contribution in [0.4, 0.5) is 0 Å². The van der Waals surface area contributed by atoms with E-state index >= 15 is 0 Å². The van der Waals surface area contributed by atoms with Crippen LogP contribution in [0.5, 0.6) is 5.75 Å². The van der Waals surface area contributed by atoms with Gasteiger partial charge < -0.3 is 4.74 Å². The molecular formula is C14H19ClO. The van der Waals surface area contributed by atoms with Gasteiger partial charge >= 0.3 is 0 Å². The Bertz CT molecular complexity index is 362. The Morgan fingerprint density at radius 2 is 2.25 bits per heavy atom. The fourth-order valence-electron chi connectivity index (χ4n) is 2.53. The molecule has 0 spiro atoms. The summed E-state index contributed by atoms with van der Waals surface area (Å²) >= 11 is 6.35. The number of aryl methyl sites for hydroxylation is 1. The molecule has 2 heteroatoms. The van der Waals surface area contributed by atoms with Crippen molar-refractivity contribution in [2.45, 2.75) is 38.0 Å². The summed E-state index contributed by atoms with van der Waals surface area (Å²) in [4.78, 5) is 0. The van der Waals surface area contributed by atoms with E-state index in [0.29, 0.717) is 11.3 Å². The normalized spacial score (nSPS) is 21.3. The Kier molecular flexibility index (Phi) is 3.75. The van der Waals surface area contributed by atoms with E-state index in [4.69, 9.17) is 16.3 Å². The van der Waals surface area contributed by atoms with Crippen molar-refractivity contribution in [3.63, 3.8) is 0 Å². The van der Waals surface area contributed by atoms with Gasteiger partial charge in [0, 0.05) is 5.38 Å². The molecule has 0 aliphatic heterocycles. The molecule has 0 amide bonds. The average Bonchev–Trinajstić information content (AvgIpc) is 2.36. The maximum atomic E-state index is 6.35. The van der Waals surface area contributed by atoms with Crippen LogP contribution >= 0.6 is 11.6 Å². The Morgan fingerprint density at radius 3 is 2.94 bits per heavy atom. The third-order valence-corrected chi connectivity index (χ3v) is 4.25. The number of hydrogen-bond acceptors (Lipinski definition) is 1. The number of benzene rings is 1. The van der Waals surface area contributed by atoms with Gasteiger partial charge in [0.1, 0.15) is 5.75 Å². The highest BCUT2D eigenvalue weighted by atomic mass is 35.5. The number of rotatable bonds is 3. The molecule has 1 nitrogen and oxygen atoms in total. The van der Waals surface area contributed by atoms with Gasteiger partial charge in [0.15, 0.2) is 0 Å². The molecule has 0 saturated carbocycles. The van der Waals surface area contributed by atoms with E-state index in [9.17, 15) is 0 Å². The van der Waals surface area contributed by atoms with Crippen molar-refractivity contribution >= 4 is 11.6 Å². The summed E-state index contributed by atoms with van der Waals surface area (Å²) in [6.45, 7) is 2.17. The van der Waals surface area contributed by atoms with Gasteiger partial charge in [-0.3, -0.25) is 0 Å². The summed E-state index contributed by atoms with van der Waals surface area (Å²) < 4.78 is 5.27. The van der Waals surface area contributed by atoms with Crippen LogP contribution < -0.4 is 4.74 Å². The van der Waals surface area contributed by atoms with Crippen LogP contribution in [0.25, 0.3) is 0 Å². The first-order chi connectivity index (χ1) is 7.74. The van der Waals surface area contributed by atoms with Gasteiger partial charge in [-0.1, -0.05) is 13.0 Å². The third kappa shape index (κ3) is 2.35. The minimum atomic E-state index is 0.319. The topological polar surface area (TPSA) is 9.23 Å². The second kappa shape index (κ2) is 5.09. The van der Waals surface area contributed by atoms with Gasteiger partial charge in [-0.2, -0.15) is 0 Å². The van der Waals surface area contributed by atoms with Crippen LogP contribution in [0.2, 0.25) is 0 Å². The quantitative estimate of drug-likeness (QED) is 0.728. The summed E-state index contributed by atoms with van der Waals surface area (Å²) in [5.74, 6) is 1.59. The number of halogens is 1. The van der Waals surface area contributed by atoms with Gasteiger partial charge in [-0.15, -0.1) is 11.6 Å². The number of alkyl halides is 1. The van der Waals surface area contributed by atoms with Gasteiger partial charge in [-0.25, -0.2) is 0 Å². The summed E-state index contributed by atoms with van der Waals surface area (Å²) in [5.41, 5.74) is 2.90. The van der Waals surface area contributed by atoms with Crippen molar-refractivity contribution in [2.24, 2.45) is 5.92 Å². The Labute approximate surface area is 103 Å². The number of fused-ring (bicyclic) bond motifs is 1. The van der Waals surface area contributed by atoms with Gasteiger partial charge in [0.25, 0.3) is 0 Å². The number of ether oxygens (including phenoxy) is 1. The molecule has 0 bridgehead atoms. The second-order valence-corrected chi connectivity index (χ2v) is 5.12. The van der Waals surface area contributed by atoms with E-state index in [1.807, 2.05) is 0 Å². The molecule has 0 heterocycles. The first-order valence-corrected chi connectivity index (χ1v) is 6.48. The molecule has 2 atom stereocenters. The third-order valence-electron chi connectivity index (χ3n) is 3.58. The van der Waals surface area contributed by atoms with Crippen LogP contribution in [0.3, 0.4) is 0 Å². The van der Waals surface area contributed by atoms with E-state index in [-0.39, 0.29) is 0 Å². The lowest BCUT2D eigenvalue weighted by Gasteiger charge is -2.27. The zero-order valence-electron chi connectivity index (χ0n) is 10.0. The molecule has 1 aliphatic rings. The fourth-order valence-corrected chi connectivity index (χ4v) is 2.75. The van der Waals surface area contributed by atoms with E-state index < -0.39 is 0 Å². The molecule has 0 radical (unpaired) electrons. The lowest BCUT2D eigenvalue weighted by atomic mass is 9.81. The van der Waals surface area contributed by atoms with E-state index in [1.54, 1.807) is 7.11 Å². The predicted molar refractivity (Wildman–Crippen MR) is 68.4 cm³/mol. The Balaban J connectivity index is 2.18. The zero-order valence-corrected chi connectivity index (χ0v) is 10.8. The average molecular weight is 239 g/mol. The monoisotopic (exact) mass is 238 g/mol. The van der Waals surface area contributed by atoms with Crippen LogP contribution in [0.1, 0.15) is 30.9 Å². The fraction of sp³-hybridized carbons (Fsp3) is 0.571. The highest BCUT2D eigenvalue weighted by molar-refractivity contribution is 6.20. The number of hydrogen-bond donors (Lipinski definition) is 0. The van der Waals surface area contributed by atoms with Crippen molar-refractivity contribution in [1.29, 1.82) is 0 Å². The largest absolute Gasteiger partial charge is 0.497 e. The van der Waals surface area contributed by atoms with Crippen molar-refractivity contribution < 1.29 is 4.74 Å². The van der Waals surface area contributed by atoms with E-state index in [1.165, 1.54) is 17.5 Å². The summed E-state index contributed by atoms with van der Waals surface area (Å²) in [6, 6.07) is 6.41. The van der Waals surface area contributed by atoms with Crippen LogP contribution in [-0.2, 0) is 12.8 Å². The molecule has 0 N–H and O–H groups in total. The maximum absolute atomic E-state index is 6.35. The summed E-state index contributed by atoms with van der Waals surface area (Å²) in [5, 5.41) is 0.319. The molecular weight excluding hydrogens is 220 g/mol. The molecule has 0 fully saturated rings. The lowest BCUT2D eigenvalue weighted by molar-refractivity contribution is 0.406. The minimum absolute atomic E-state index is 0.319. The highest BCUT2D eigenvalue weighted by Crippen LogP contribution is 2.32. The van der Waals surface area contributed by atoms with Crippen LogP contribution in [0, 0.1) is 5.92 Å².